The van der Waals surface area contributed by atoms with Crippen LogP contribution in [0.5, 0.6) is 5.75 Å². The molecule has 208 valence electrons. The minimum atomic E-state index is -4.03. The van der Waals surface area contributed by atoms with Crippen LogP contribution in [0.4, 0.5) is 11.4 Å². The Balaban J connectivity index is 1.50. The monoisotopic (exact) mass is 622 g/mol. The highest BCUT2D eigenvalue weighted by atomic mass is 35.5. The number of amides is 1. The first-order valence-electron chi connectivity index (χ1n) is 12.5. The van der Waals surface area contributed by atoms with Gasteiger partial charge in [0.05, 0.1) is 16.3 Å². The van der Waals surface area contributed by atoms with Crippen LogP contribution in [-0.4, -0.2) is 19.5 Å². The Labute approximate surface area is 253 Å². The van der Waals surface area contributed by atoms with Gasteiger partial charge < -0.3 is 4.18 Å². The van der Waals surface area contributed by atoms with Crippen molar-refractivity contribution in [1.29, 1.82) is 0 Å². The van der Waals surface area contributed by atoms with Crippen molar-refractivity contribution in [2.45, 2.75) is 25.7 Å². The van der Waals surface area contributed by atoms with Crippen LogP contribution < -0.4 is 9.08 Å². The second-order valence-electron chi connectivity index (χ2n) is 9.44. The van der Waals surface area contributed by atoms with E-state index < -0.39 is 10.1 Å². The molecule has 1 heterocycles. The summed E-state index contributed by atoms with van der Waals surface area (Å²) in [4.78, 5) is 20.4. The van der Waals surface area contributed by atoms with Gasteiger partial charge in [-0.3, -0.25) is 9.69 Å². The Morgan fingerprint density at radius 1 is 0.854 bits per heavy atom. The van der Waals surface area contributed by atoms with Crippen molar-refractivity contribution in [3.63, 3.8) is 0 Å². The number of carbonyl (C=O) groups is 1. The Bertz CT molecular complexity index is 1840. The van der Waals surface area contributed by atoms with E-state index >= 15 is 0 Å². The van der Waals surface area contributed by atoms with Crippen molar-refractivity contribution in [2.24, 2.45) is 4.99 Å². The van der Waals surface area contributed by atoms with Gasteiger partial charge in [0.15, 0.2) is 5.17 Å². The number of thioether (sulfide) groups is 1. The molecule has 1 amide bonds. The quantitative estimate of drug-likeness (QED) is 0.159. The number of amidine groups is 1. The van der Waals surface area contributed by atoms with Crippen LogP contribution in [-0.2, 0) is 14.9 Å². The van der Waals surface area contributed by atoms with E-state index in [9.17, 15) is 13.2 Å². The summed E-state index contributed by atoms with van der Waals surface area (Å²) in [5.41, 5.74) is 4.48. The molecule has 1 saturated heterocycles. The zero-order chi connectivity index (χ0) is 29.3. The number of hydrogen-bond acceptors (Lipinski definition) is 6. The summed E-state index contributed by atoms with van der Waals surface area (Å²) >= 11 is 13.9. The number of carbonyl (C=O) groups excluding carboxylic acids is 1. The largest absolute Gasteiger partial charge is 0.379 e. The molecule has 4 aromatic carbocycles. The normalized spacial score (nSPS) is 15.6. The Kier molecular flexibility index (Phi) is 8.29. The molecular formula is C31H24Cl2N2O4S2. The molecule has 6 nitrogen and oxygen atoms in total. The number of aryl methyl sites for hydroxylation is 3. The first-order valence-corrected chi connectivity index (χ1v) is 15.4. The summed E-state index contributed by atoms with van der Waals surface area (Å²) < 4.78 is 31.0. The lowest BCUT2D eigenvalue weighted by Crippen LogP contribution is -2.28. The second-order valence-corrected chi connectivity index (χ2v) is 12.8. The van der Waals surface area contributed by atoms with E-state index in [1.165, 1.54) is 28.8 Å². The number of benzene rings is 4. The highest BCUT2D eigenvalue weighted by Crippen LogP contribution is 2.39. The maximum atomic E-state index is 13.7. The fourth-order valence-corrected chi connectivity index (χ4v) is 6.22. The van der Waals surface area contributed by atoms with Crippen molar-refractivity contribution in [2.75, 3.05) is 4.90 Å². The average molecular weight is 624 g/mol. The van der Waals surface area contributed by atoms with Gasteiger partial charge in [-0.2, -0.15) is 8.42 Å². The molecule has 41 heavy (non-hydrogen) atoms. The molecular weight excluding hydrogens is 599 g/mol. The molecule has 0 bridgehead atoms. The molecule has 5 rings (SSSR count). The molecule has 0 N–H and O–H groups in total. The van der Waals surface area contributed by atoms with E-state index in [1.54, 1.807) is 54.6 Å². The van der Waals surface area contributed by atoms with E-state index in [0.717, 1.165) is 16.7 Å². The van der Waals surface area contributed by atoms with E-state index in [4.69, 9.17) is 32.4 Å². The van der Waals surface area contributed by atoms with Gasteiger partial charge in [-0.15, -0.1) is 0 Å². The molecule has 0 aliphatic carbocycles. The number of hydrogen-bond donors (Lipinski definition) is 0. The van der Waals surface area contributed by atoms with Crippen LogP contribution in [0.15, 0.2) is 99.7 Å². The van der Waals surface area contributed by atoms with Gasteiger partial charge in [-0.05, 0) is 104 Å². The van der Waals surface area contributed by atoms with E-state index in [0.29, 0.717) is 37.1 Å². The molecule has 0 aromatic heterocycles. The maximum absolute atomic E-state index is 13.7. The van der Waals surface area contributed by atoms with Gasteiger partial charge in [0.25, 0.3) is 5.91 Å². The summed E-state index contributed by atoms with van der Waals surface area (Å²) in [5.74, 6) is -0.175. The highest BCUT2D eigenvalue weighted by Gasteiger charge is 2.35. The lowest BCUT2D eigenvalue weighted by atomic mass is 10.2. The van der Waals surface area contributed by atoms with Crippen molar-refractivity contribution in [3.05, 3.63) is 122 Å². The van der Waals surface area contributed by atoms with E-state index in [1.807, 2.05) is 45.0 Å². The lowest BCUT2D eigenvalue weighted by Gasteiger charge is -2.16. The molecule has 0 atom stereocenters. The van der Waals surface area contributed by atoms with Crippen molar-refractivity contribution in [3.8, 4) is 5.75 Å². The summed E-state index contributed by atoms with van der Waals surface area (Å²) in [7, 11) is -4.03. The van der Waals surface area contributed by atoms with Gasteiger partial charge in [0.2, 0.25) is 0 Å². The number of nitrogens with zero attached hydrogens (tertiary/aromatic N) is 2. The first-order chi connectivity index (χ1) is 19.5. The highest BCUT2D eigenvalue weighted by molar-refractivity contribution is 8.19. The maximum Gasteiger partial charge on any atom is 0.339 e. The minimum Gasteiger partial charge on any atom is -0.379 e. The Morgan fingerprint density at radius 3 is 2.22 bits per heavy atom. The van der Waals surface area contributed by atoms with E-state index in [-0.39, 0.29) is 16.6 Å². The summed E-state index contributed by atoms with van der Waals surface area (Å²) in [6.45, 7) is 5.66. The summed E-state index contributed by atoms with van der Waals surface area (Å²) in [5, 5.41) is 1.52. The average Bonchev–Trinajstić information content (AvgIpc) is 3.22. The van der Waals surface area contributed by atoms with Crippen LogP contribution in [0.25, 0.3) is 6.08 Å². The second kappa shape index (κ2) is 11.7. The fraction of sp³-hybridized carbons (Fsp3) is 0.0968. The van der Waals surface area contributed by atoms with Crippen molar-refractivity contribution < 1.29 is 17.4 Å². The third kappa shape index (κ3) is 6.52. The molecule has 1 aliphatic heterocycles. The molecule has 10 heteroatoms. The van der Waals surface area contributed by atoms with Gasteiger partial charge in [-0.25, -0.2) is 4.99 Å². The van der Waals surface area contributed by atoms with Gasteiger partial charge in [0.1, 0.15) is 10.6 Å². The molecule has 0 unspecified atom stereocenters. The van der Waals surface area contributed by atoms with Gasteiger partial charge in [0, 0.05) is 10.0 Å². The van der Waals surface area contributed by atoms with Crippen LogP contribution in [0.3, 0.4) is 0 Å². The third-order valence-electron chi connectivity index (χ3n) is 6.27. The zero-order valence-electron chi connectivity index (χ0n) is 22.3. The number of aliphatic imine (C=N–C) groups is 1. The molecule has 0 radical (unpaired) electrons. The smallest absolute Gasteiger partial charge is 0.339 e. The standard InChI is InChI=1S/C31H24Cl2N2O4S2/c1-19-7-13-26(14-8-19)41(37,38)39-25-6-4-5-22(15-25)16-29-30(36)35(24-12-10-21(3)28(33)18-24)31(40-29)34-23-11-9-20(2)27(32)17-23/h4-18H,1-3H3/b29-16-,34-31?. The predicted octanol–water partition coefficient (Wildman–Crippen LogP) is 8.49. The molecule has 1 aliphatic rings. The minimum absolute atomic E-state index is 0.0536. The van der Waals surface area contributed by atoms with Crippen LogP contribution in [0.2, 0.25) is 10.0 Å². The summed E-state index contributed by atoms with van der Waals surface area (Å²) in [6.07, 6.45) is 1.67. The van der Waals surface area contributed by atoms with Crippen LogP contribution >= 0.6 is 35.0 Å². The Morgan fingerprint density at radius 2 is 1.54 bits per heavy atom. The zero-order valence-corrected chi connectivity index (χ0v) is 25.4. The molecule has 0 saturated carbocycles. The van der Waals surface area contributed by atoms with Crippen molar-refractivity contribution in [1.82, 2.24) is 0 Å². The summed E-state index contributed by atoms with van der Waals surface area (Å²) in [6, 6.07) is 23.7. The van der Waals surface area contributed by atoms with Gasteiger partial charge in [-0.1, -0.05) is 65.2 Å². The number of halogens is 2. The van der Waals surface area contributed by atoms with Crippen molar-refractivity contribution >= 4 is 73.6 Å². The van der Waals surface area contributed by atoms with Gasteiger partial charge >= 0.3 is 10.1 Å². The predicted molar refractivity (Wildman–Crippen MR) is 168 cm³/mol. The molecule has 1 fully saturated rings. The number of rotatable bonds is 6. The van der Waals surface area contributed by atoms with Crippen LogP contribution in [0.1, 0.15) is 22.3 Å². The SMILES string of the molecule is Cc1ccc(S(=O)(=O)Oc2cccc(/C=C3\SC(=Nc4ccc(C)c(Cl)c4)N(c4ccc(C)c(Cl)c4)C3=O)c2)cc1. The lowest BCUT2D eigenvalue weighted by molar-refractivity contribution is -0.113. The van der Waals surface area contributed by atoms with E-state index in [2.05, 4.69) is 0 Å². The molecule has 0 spiro atoms. The first kappa shape index (κ1) is 29.0. The topological polar surface area (TPSA) is 76.0 Å². The fourth-order valence-electron chi connectivity index (χ4n) is 3.95. The third-order valence-corrected chi connectivity index (χ3v) is 9.32. The number of anilines is 1. The Hall–Kier alpha value is -3.56. The molecule has 4 aromatic rings. The van der Waals surface area contributed by atoms with Crippen LogP contribution in [0, 0.1) is 20.8 Å².